The van der Waals surface area contributed by atoms with Crippen molar-refractivity contribution in [3.05, 3.63) is 23.4 Å². The monoisotopic (exact) mass is 193 g/mol. The van der Waals surface area contributed by atoms with Crippen LogP contribution >= 0.6 is 0 Å². The molecule has 0 amide bonds. The van der Waals surface area contributed by atoms with Crippen LogP contribution in [0.3, 0.4) is 0 Å². The fourth-order valence-corrected chi connectivity index (χ4v) is 1.70. The highest BCUT2D eigenvalue weighted by molar-refractivity contribution is 5.45. The molecular formula is C11H19N3. The van der Waals surface area contributed by atoms with Crippen molar-refractivity contribution in [1.29, 1.82) is 0 Å². The second kappa shape index (κ2) is 4.42. The lowest BCUT2D eigenvalue weighted by atomic mass is 9.95. The van der Waals surface area contributed by atoms with Crippen molar-refractivity contribution in [2.75, 3.05) is 5.73 Å². The molecule has 0 aliphatic heterocycles. The number of anilines is 1. The Balaban J connectivity index is 2.94. The molecule has 14 heavy (non-hydrogen) atoms. The summed E-state index contributed by atoms with van der Waals surface area (Å²) in [6.45, 7) is 6.33. The first-order valence-electron chi connectivity index (χ1n) is 4.99. The highest BCUT2D eigenvalue weighted by Gasteiger charge is 2.14. The molecule has 0 spiro atoms. The third-order valence-electron chi connectivity index (χ3n) is 2.34. The SMILES string of the molecule is Cc1ccnc(N)c1C(N)CC(C)C. The fraction of sp³-hybridized carbons (Fsp3) is 0.545. The summed E-state index contributed by atoms with van der Waals surface area (Å²) < 4.78 is 0. The first-order valence-corrected chi connectivity index (χ1v) is 4.99. The van der Waals surface area contributed by atoms with E-state index in [0.717, 1.165) is 17.5 Å². The van der Waals surface area contributed by atoms with Gasteiger partial charge in [0.25, 0.3) is 0 Å². The molecule has 1 unspecified atom stereocenters. The molecule has 1 rings (SSSR count). The van der Waals surface area contributed by atoms with Crippen molar-refractivity contribution in [2.45, 2.75) is 33.2 Å². The molecule has 4 N–H and O–H groups in total. The summed E-state index contributed by atoms with van der Waals surface area (Å²) in [6, 6.07) is 1.95. The molecule has 3 heteroatoms. The Morgan fingerprint density at radius 1 is 1.43 bits per heavy atom. The molecule has 1 heterocycles. The second-order valence-electron chi connectivity index (χ2n) is 4.16. The zero-order valence-electron chi connectivity index (χ0n) is 9.12. The summed E-state index contributed by atoms with van der Waals surface area (Å²) in [5.74, 6) is 1.14. The minimum atomic E-state index is 0.00343. The molecule has 0 aliphatic carbocycles. The molecule has 0 saturated heterocycles. The van der Waals surface area contributed by atoms with Gasteiger partial charge >= 0.3 is 0 Å². The number of hydrogen-bond donors (Lipinski definition) is 2. The zero-order chi connectivity index (χ0) is 10.7. The van der Waals surface area contributed by atoms with Gasteiger partial charge in [0.05, 0.1) is 0 Å². The Labute approximate surface area is 85.5 Å². The van der Waals surface area contributed by atoms with Crippen molar-refractivity contribution in [3.63, 3.8) is 0 Å². The number of nitrogens with two attached hydrogens (primary N) is 2. The highest BCUT2D eigenvalue weighted by atomic mass is 14.8. The van der Waals surface area contributed by atoms with E-state index in [1.54, 1.807) is 6.20 Å². The third-order valence-corrected chi connectivity index (χ3v) is 2.34. The molecule has 3 nitrogen and oxygen atoms in total. The first-order chi connectivity index (χ1) is 6.52. The Morgan fingerprint density at radius 2 is 2.07 bits per heavy atom. The van der Waals surface area contributed by atoms with Crippen molar-refractivity contribution < 1.29 is 0 Å². The minimum Gasteiger partial charge on any atom is -0.383 e. The lowest BCUT2D eigenvalue weighted by molar-refractivity contribution is 0.509. The van der Waals surface area contributed by atoms with Gasteiger partial charge in [0.15, 0.2) is 0 Å². The van der Waals surface area contributed by atoms with E-state index in [2.05, 4.69) is 18.8 Å². The molecule has 0 bridgehead atoms. The smallest absolute Gasteiger partial charge is 0.128 e. The highest BCUT2D eigenvalue weighted by Crippen LogP contribution is 2.25. The molecule has 0 aliphatic rings. The van der Waals surface area contributed by atoms with E-state index >= 15 is 0 Å². The number of nitrogen functional groups attached to an aromatic ring is 1. The Hall–Kier alpha value is -1.09. The van der Waals surface area contributed by atoms with E-state index in [9.17, 15) is 0 Å². The molecule has 1 aromatic heterocycles. The van der Waals surface area contributed by atoms with Gasteiger partial charge in [-0.25, -0.2) is 4.98 Å². The fourth-order valence-electron chi connectivity index (χ4n) is 1.70. The van der Waals surface area contributed by atoms with Crippen LogP contribution in [0.2, 0.25) is 0 Å². The van der Waals surface area contributed by atoms with Crippen molar-refractivity contribution in [1.82, 2.24) is 4.98 Å². The van der Waals surface area contributed by atoms with Gasteiger partial charge in [-0.05, 0) is 30.9 Å². The van der Waals surface area contributed by atoms with Gasteiger partial charge in [-0.3, -0.25) is 0 Å². The number of pyridine rings is 1. The van der Waals surface area contributed by atoms with Gasteiger partial charge in [-0.15, -0.1) is 0 Å². The number of hydrogen-bond acceptors (Lipinski definition) is 3. The largest absolute Gasteiger partial charge is 0.383 e. The summed E-state index contributed by atoms with van der Waals surface area (Å²) in [5, 5.41) is 0. The summed E-state index contributed by atoms with van der Waals surface area (Å²) >= 11 is 0. The summed E-state index contributed by atoms with van der Waals surface area (Å²) in [5.41, 5.74) is 14.0. The van der Waals surface area contributed by atoms with E-state index in [1.807, 2.05) is 13.0 Å². The Morgan fingerprint density at radius 3 is 2.57 bits per heavy atom. The molecule has 0 radical (unpaired) electrons. The summed E-state index contributed by atoms with van der Waals surface area (Å²) in [7, 11) is 0. The lowest BCUT2D eigenvalue weighted by Crippen LogP contribution is -2.16. The van der Waals surface area contributed by atoms with Crippen LogP contribution in [0.1, 0.15) is 37.4 Å². The maximum absolute atomic E-state index is 6.08. The minimum absolute atomic E-state index is 0.00343. The van der Waals surface area contributed by atoms with Gasteiger partial charge in [0.1, 0.15) is 5.82 Å². The lowest BCUT2D eigenvalue weighted by Gasteiger charge is -2.17. The van der Waals surface area contributed by atoms with Crippen molar-refractivity contribution in [3.8, 4) is 0 Å². The zero-order valence-corrected chi connectivity index (χ0v) is 9.12. The van der Waals surface area contributed by atoms with Crippen molar-refractivity contribution >= 4 is 5.82 Å². The van der Waals surface area contributed by atoms with Gasteiger partial charge in [0.2, 0.25) is 0 Å². The predicted molar refractivity (Wildman–Crippen MR) is 59.8 cm³/mol. The van der Waals surface area contributed by atoms with Gasteiger partial charge in [0, 0.05) is 17.8 Å². The molecular weight excluding hydrogens is 174 g/mol. The van der Waals surface area contributed by atoms with Gasteiger partial charge in [-0.2, -0.15) is 0 Å². The topological polar surface area (TPSA) is 64.9 Å². The molecule has 1 atom stereocenters. The van der Waals surface area contributed by atoms with Gasteiger partial charge in [-0.1, -0.05) is 13.8 Å². The maximum atomic E-state index is 6.08. The van der Waals surface area contributed by atoms with E-state index in [4.69, 9.17) is 11.5 Å². The van der Waals surface area contributed by atoms with E-state index in [1.165, 1.54) is 0 Å². The van der Waals surface area contributed by atoms with E-state index in [-0.39, 0.29) is 6.04 Å². The van der Waals surface area contributed by atoms with Crippen molar-refractivity contribution in [2.24, 2.45) is 11.7 Å². The Kier molecular flexibility index (Phi) is 3.47. The van der Waals surface area contributed by atoms with Crippen LogP contribution in [-0.2, 0) is 0 Å². The molecule has 1 aromatic rings. The average molecular weight is 193 g/mol. The normalized spacial score (nSPS) is 13.2. The van der Waals surface area contributed by atoms with Crippen LogP contribution < -0.4 is 11.5 Å². The second-order valence-corrected chi connectivity index (χ2v) is 4.16. The van der Waals surface area contributed by atoms with Crippen LogP contribution in [-0.4, -0.2) is 4.98 Å². The molecule has 78 valence electrons. The number of aryl methyl sites for hydroxylation is 1. The number of rotatable bonds is 3. The van der Waals surface area contributed by atoms with E-state index < -0.39 is 0 Å². The molecule has 0 fully saturated rings. The van der Waals surface area contributed by atoms with Gasteiger partial charge < -0.3 is 11.5 Å². The summed E-state index contributed by atoms with van der Waals surface area (Å²) in [6.07, 6.45) is 2.66. The van der Waals surface area contributed by atoms with Crippen LogP contribution in [0.4, 0.5) is 5.82 Å². The summed E-state index contributed by atoms with van der Waals surface area (Å²) in [4.78, 5) is 4.07. The van der Waals surface area contributed by atoms with Crippen LogP contribution in [0.25, 0.3) is 0 Å². The average Bonchev–Trinajstić information content (AvgIpc) is 2.01. The number of aromatic nitrogens is 1. The van der Waals surface area contributed by atoms with Crippen LogP contribution in [0.5, 0.6) is 0 Å². The molecule has 0 aromatic carbocycles. The predicted octanol–water partition coefficient (Wildman–Crippen LogP) is 2.02. The first kappa shape index (κ1) is 11.0. The Bertz CT molecular complexity index is 287. The third kappa shape index (κ3) is 2.45. The van der Waals surface area contributed by atoms with Crippen LogP contribution in [0.15, 0.2) is 12.3 Å². The standard InChI is InChI=1S/C11H19N3/c1-7(2)6-9(12)10-8(3)4-5-14-11(10)13/h4-5,7,9H,6,12H2,1-3H3,(H2,13,14). The molecule has 0 saturated carbocycles. The maximum Gasteiger partial charge on any atom is 0.128 e. The van der Waals surface area contributed by atoms with E-state index in [0.29, 0.717) is 11.7 Å². The quantitative estimate of drug-likeness (QED) is 0.771. The van der Waals surface area contributed by atoms with Crippen LogP contribution in [0, 0.1) is 12.8 Å². The number of nitrogens with zero attached hydrogens (tertiary/aromatic N) is 1.